The smallest absolute Gasteiger partial charge is 0.246 e. The molecule has 1 atom stereocenters. The summed E-state index contributed by atoms with van der Waals surface area (Å²) in [5.74, 6) is -0.347. The zero-order chi connectivity index (χ0) is 20.0. The van der Waals surface area contributed by atoms with Crippen molar-refractivity contribution in [2.45, 2.75) is 32.9 Å². The summed E-state index contributed by atoms with van der Waals surface area (Å²) in [4.78, 5) is 26.9. The highest BCUT2D eigenvalue weighted by atomic mass is 35.5. The topological polar surface area (TPSA) is 61.4 Å². The van der Waals surface area contributed by atoms with Crippen molar-refractivity contribution in [3.63, 3.8) is 0 Å². The molecule has 0 fully saturated rings. The molecule has 5 nitrogen and oxygen atoms in total. The summed E-state index contributed by atoms with van der Waals surface area (Å²) in [6.07, 6.45) is 0. The molecule has 0 aromatic heterocycles. The second-order valence-corrected chi connectivity index (χ2v) is 7.31. The molecule has 0 radical (unpaired) electrons. The first kappa shape index (κ1) is 20.9. The van der Waals surface area contributed by atoms with Gasteiger partial charge in [-0.05, 0) is 51.1 Å². The van der Waals surface area contributed by atoms with Crippen LogP contribution in [0.1, 0.15) is 31.0 Å². The lowest BCUT2D eigenvalue weighted by molar-refractivity contribution is -0.125. The summed E-state index contributed by atoms with van der Waals surface area (Å²) in [6.45, 7) is 5.82. The molecule has 0 unspecified atom stereocenters. The first-order valence-electron chi connectivity index (χ1n) is 8.89. The minimum atomic E-state index is -0.607. The first-order valence-corrected chi connectivity index (χ1v) is 9.27. The van der Waals surface area contributed by atoms with Crippen LogP contribution in [0.25, 0.3) is 0 Å². The Labute approximate surface area is 165 Å². The number of likely N-dealkylation sites (N-methyl/N-ethyl adjacent to an activating group) is 1. The molecule has 2 aromatic carbocycles. The van der Waals surface area contributed by atoms with E-state index >= 15 is 0 Å². The zero-order valence-electron chi connectivity index (χ0n) is 16.1. The van der Waals surface area contributed by atoms with Crippen LogP contribution >= 0.6 is 11.6 Å². The molecule has 0 heterocycles. The first-order chi connectivity index (χ1) is 12.8. The monoisotopic (exact) mass is 387 g/mol. The van der Waals surface area contributed by atoms with Crippen molar-refractivity contribution in [3.05, 3.63) is 64.7 Å². The van der Waals surface area contributed by atoms with Gasteiger partial charge in [-0.1, -0.05) is 48.0 Å². The third kappa shape index (κ3) is 6.08. The van der Waals surface area contributed by atoms with Gasteiger partial charge in [-0.3, -0.25) is 14.5 Å². The van der Waals surface area contributed by atoms with E-state index in [0.29, 0.717) is 10.7 Å². The highest BCUT2D eigenvalue weighted by Crippen LogP contribution is 2.24. The quantitative estimate of drug-likeness (QED) is 0.759. The van der Waals surface area contributed by atoms with Crippen molar-refractivity contribution >= 4 is 29.1 Å². The highest BCUT2D eigenvalue weighted by Gasteiger charge is 2.27. The van der Waals surface area contributed by atoms with Gasteiger partial charge in [-0.25, -0.2) is 0 Å². The van der Waals surface area contributed by atoms with Crippen LogP contribution in [0.4, 0.5) is 5.69 Å². The van der Waals surface area contributed by atoms with Crippen LogP contribution in [0, 0.1) is 6.92 Å². The molecular weight excluding hydrogens is 362 g/mol. The van der Waals surface area contributed by atoms with Crippen LogP contribution in [0.15, 0.2) is 48.5 Å². The van der Waals surface area contributed by atoms with Gasteiger partial charge in [0.05, 0.1) is 6.54 Å². The highest BCUT2D eigenvalue weighted by molar-refractivity contribution is 6.31. The fourth-order valence-corrected chi connectivity index (χ4v) is 2.99. The van der Waals surface area contributed by atoms with E-state index < -0.39 is 6.04 Å². The Morgan fingerprint density at radius 2 is 1.78 bits per heavy atom. The van der Waals surface area contributed by atoms with Crippen LogP contribution in [-0.4, -0.2) is 36.3 Å². The summed E-state index contributed by atoms with van der Waals surface area (Å²) in [5.41, 5.74) is 2.38. The Bertz CT molecular complexity index is 793. The second kappa shape index (κ2) is 9.53. The van der Waals surface area contributed by atoms with E-state index in [4.69, 9.17) is 11.6 Å². The molecule has 144 valence electrons. The van der Waals surface area contributed by atoms with Crippen molar-refractivity contribution in [2.24, 2.45) is 0 Å². The second-order valence-electron chi connectivity index (χ2n) is 6.90. The maximum Gasteiger partial charge on any atom is 0.246 e. The molecule has 0 aliphatic rings. The standard InChI is InChI=1S/C21H26ClN3O2/c1-14(2)23-19(26)13-25(4)20(16-8-6-5-7-9-16)21(27)24-17-11-10-15(3)18(22)12-17/h5-12,14,20H,13H2,1-4H3,(H,23,26)(H,24,27)/t20-/m1/s1. The molecule has 0 aliphatic carbocycles. The van der Waals surface area contributed by atoms with Gasteiger partial charge in [0.2, 0.25) is 11.8 Å². The number of carbonyl (C=O) groups is 2. The number of halogens is 1. The minimum absolute atomic E-state index is 0.0459. The Morgan fingerprint density at radius 1 is 1.11 bits per heavy atom. The average Bonchev–Trinajstić information content (AvgIpc) is 2.58. The van der Waals surface area contributed by atoms with Crippen LogP contribution in [0.3, 0.4) is 0 Å². The maximum absolute atomic E-state index is 13.0. The van der Waals surface area contributed by atoms with Gasteiger partial charge >= 0.3 is 0 Å². The molecule has 0 spiro atoms. The van der Waals surface area contributed by atoms with Gasteiger partial charge in [-0.15, -0.1) is 0 Å². The van der Waals surface area contributed by atoms with E-state index in [9.17, 15) is 9.59 Å². The van der Waals surface area contributed by atoms with E-state index in [2.05, 4.69) is 10.6 Å². The third-order valence-electron chi connectivity index (χ3n) is 4.09. The largest absolute Gasteiger partial charge is 0.353 e. The van der Waals surface area contributed by atoms with E-state index in [-0.39, 0.29) is 24.4 Å². The van der Waals surface area contributed by atoms with Gasteiger partial charge in [0.15, 0.2) is 0 Å². The zero-order valence-corrected chi connectivity index (χ0v) is 16.9. The predicted octanol–water partition coefficient (Wildman–Crippen LogP) is 3.78. The average molecular weight is 388 g/mol. The lowest BCUT2D eigenvalue weighted by Gasteiger charge is -2.27. The Hall–Kier alpha value is -2.37. The van der Waals surface area contributed by atoms with Crippen molar-refractivity contribution in [1.29, 1.82) is 0 Å². The van der Waals surface area contributed by atoms with Gasteiger partial charge in [0.1, 0.15) is 6.04 Å². The number of carbonyl (C=O) groups excluding carboxylic acids is 2. The van der Waals surface area contributed by atoms with Crippen molar-refractivity contribution in [3.8, 4) is 0 Å². The molecule has 2 amide bonds. The van der Waals surface area contributed by atoms with E-state index in [1.165, 1.54) is 0 Å². The summed E-state index contributed by atoms with van der Waals surface area (Å²) >= 11 is 6.16. The van der Waals surface area contributed by atoms with Gasteiger partial charge in [0.25, 0.3) is 0 Å². The van der Waals surface area contributed by atoms with Crippen molar-refractivity contribution in [1.82, 2.24) is 10.2 Å². The van der Waals surface area contributed by atoms with Gasteiger partial charge < -0.3 is 10.6 Å². The number of rotatable bonds is 7. The van der Waals surface area contributed by atoms with E-state index in [0.717, 1.165) is 11.1 Å². The number of nitrogens with one attached hydrogen (secondary N) is 2. The van der Waals surface area contributed by atoms with Crippen LogP contribution < -0.4 is 10.6 Å². The molecule has 2 rings (SSSR count). The number of hydrogen-bond acceptors (Lipinski definition) is 3. The number of benzene rings is 2. The fourth-order valence-electron chi connectivity index (χ4n) is 2.81. The minimum Gasteiger partial charge on any atom is -0.353 e. The third-order valence-corrected chi connectivity index (χ3v) is 4.49. The Morgan fingerprint density at radius 3 is 2.37 bits per heavy atom. The SMILES string of the molecule is Cc1ccc(NC(=O)[C@@H](c2ccccc2)N(C)CC(=O)NC(C)C)cc1Cl. The summed E-state index contributed by atoms with van der Waals surface area (Å²) in [6, 6.07) is 14.2. The van der Waals surface area contributed by atoms with Crippen LogP contribution in [-0.2, 0) is 9.59 Å². The Kier molecular flexibility index (Phi) is 7.39. The molecule has 0 bridgehead atoms. The molecule has 27 heavy (non-hydrogen) atoms. The van der Waals surface area contributed by atoms with E-state index in [1.54, 1.807) is 18.0 Å². The lowest BCUT2D eigenvalue weighted by atomic mass is 10.0. The normalized spacial score (nSPS) is 12.1. The summed E-state index contributed by atoms with van der Waals surface area (Å²) in [7, 11) is 1.76. The fraction of sp³-hybridized carbons (Fsp3) is 0.333. The predicted molar refractivity (Wildman–Crippen MR) is 110 cm³/mol. The molecule has 2 aromatic rings. The molecule has 0 saturated heterocycles. The van der Waals surface area contributed by atoms with E-state index in [1.807, 2.05) is 63.2 Å². The van der Waals surface area contributed by atoms with Crippen molar-refractivity contribution in [2.75, 3.05) is 18.9 Å². The molecule has 0 saturated carbocycles. The molecule has 2 N–H and O–H groups in total. The summed E-state index contributed by atoms with van der Waals surface area (Å²) in [5, 5.41) is 6.35. The van der Waals surface area contributed by atoms with Gasteiger partial charge in [0, 0.05) is 16.8 Å². The lowest BCUT2D eigenvalue weighted by Crippen LogP contribution is -2.43. The summed E-state index contributed by atoms with van der Waals surface area (Å²) < 4.78 is 0. The number of amides is 2. The molecular formula is C21H26ClN3O2. The molecule has 0 aliphatic heterocycles. The maximum atomic E-state index is 13.0. The Balaban J connectivity index is 2.22. The number of hydrogen-bond donors (Lipinski definition) is 2. The van der Waals surface area contributed by atoms with Gasteiger partial charge in [-0.2, -0.15) is 0 Å². The number of aryl methyl sites for hydroxylation is 1. The van der Waals surface area contributed by atoms with Crippen LogP contribution in [0.2, 0.25) is 5.02 Å². The van der Waals surface area contributed by atoms with Crippen molar-refractivity contribution < 1.29 is 9.59 Å². The molecule has 6 heteroatoms. The number of anilines is 1. The number of nitrogens with zero attached hydrogens (tertiary/aromatic N) is 1. The van der Waals surface area contributed by atoms with Crippen LogP contribution in [0.5, 0.6) is 0 Å².